The van der Waals surface area contributed by atoms with Gasteiger partial charge in [-0.2, -0.15) is 0 Å². The van der Waals surface area contributed by atoms with Gasteiger partial charge in [0.15, 0.2) is 0 Å². The zero-order chi connectivity index (χ0) is 14.0. The van der Waals surface area contributed by atoms with Crippen LogP contribution in [-0.4, -0.2) is 20.9 Å². The molecule has 0 bridgehead atoms. The number of pyridine rings is 1. The Balaban J connectivity index is 2.22. The van der Waals surface area contributed by atoms with Crippen molar-refractivity contribution in [3.8, 4) is 0 Å². The number of amides is 1. The van der Waals surface area contributed by atoms with Gasteiger partial charge in [-0.1, -0.05) is 11.6 Å². The summed E-state index contributed by atoms with van der Waals surface area (Å²) in [5.41, 5.74) is 1.29. The number of hydrogen-bond donors (Lipinski definition) is 1. The van der Waals surface area contributed by atoms with Crippen LogP contribution in [-0.2, 0) is 0 Å². The second-order valence-corrected chi connectivity index (χ2v) is 5.16. The summed E-state index contributed by atoms with van der Waals surface area (Å²) in [7, 11) is 0. The molecular weight excluding hydrogens is 355 g/mol. The number of carbonyl (C=O) groups is 1. The predicted octanol–water partition coefficient (Wildman–Crippen LogP) is 3.50. The average Bonchev–Trinajstić information content (AvgIpc) is 2.32. The number of halogens is 3. The third-order valence-corrected chi connectivity index (χ3v) is 3.42. The highest BCUT2D eigenvalue weighted by Crippen LogP contribution is 2.23. The van der Waals surface area contributed by atoms with Crippen molar-refractivity contribution in [2.45, 2.75) is 6.92 Å². The normalized spacial score (nSPS) is 10.3. The number of aromatic nitrogens is 3. The lowest BCUT2D eigenvalue weighted by molar-refractivity contribution is 0.102. The minimum absolute atomic E-state index is 0.0283. The highest BCUT2D eigenvalue weighted by Gasteiger charge is 2.11. The van der Waals surface area contributed by atoms with Gasteiger partial charge in [0.05, 0.1) is 16.4 Å². The van der Waals surface area contributed by atoms with E-state index < -0.39 is 5.91 Å². The fraction of sp³-hybridized carbons (Fsp3) is 0.0909. The predicted molar refractivity (Wildman–Crippen MR) is 76.7 cm³/mol. The van der Waals surface area contributed by atoms with Crippen LogP contribution in [0.3, 0.4) is 0 Å². The monoisotopic (exact) mass is 360 g/mol. The molecule has 8 heteroatoms. The fourth-order valence-corrected chi connectivity index (χ4v) is 2.01. The molecule has 0 fully saturated rings. The van der Waals surface area contributed by atoms with Gasteiger partial charge in [-0.05, 0) is 46.6 Å². The zero-order valence-corrected chi connectivity index (χ0v) is 12.7. The first-order valence-corrected chi connectivity index (χ1v) is 6.64. The Hall–Kier alpha value is -1.24. The van der Waals surface area contributed by atoms with Crippen LogP contribution in [0, 0.1) is 6.92 Å². The molecule has 0 aliphatic carbocycles. The molecular formula is C11H7BrCl2N4O. The van der Waals surface area contributed by atoms with E-state index in [-0.39, 0.29) is 11.0 Å². The van der Waals surface area contributed by atoms with Gasteiger partial charge in [0, 0.05) is 5.69 Å². The molecule has 0 radical (unpaired) electrons. The van der Waals surface area contributed by atoms with Gasteiger partial charge in [0.2, 0.25) is 5.28 Å². The molecule has 0 saturated carbocycles. The molecule has 0 atom stereocenters. The van der Waals surface area contributed by atoms with E-state index in [1.54, 1.807) is 19.1 Å². The number of anilines is 1. The molecule has 1 N–H and O–H groups in total. The van der Waals surface area contributed by atoms with E-state index in [4.69, 9.17) is 23.2 Å². The Morgan fingerprint density at radius 3 is 2.68 bits per heavy atom. The number of rotatable bonds is 2. The van der Waals surface area contributed by atoms with Crippen molar-refractivity contribution < 1.29 is 4.79 Å². The highest BCUT2D eigenvalue weighted by molar-refractivity contribution is 9.10. The second kappa shape index (κ2) is 5.81. The van der Waals surface area contributed by atoms with Crippen molar-refractivity contribution in [3.63, 3.8) is 0 Å². The molecule has 0 aliphatic heterocycles. The molecule has 0 aliphatic rings. The standard InChI is InChI=1S/C11H7BrCl2N4O/c1-5-2-8(18-11(14)16-5)10(19)17-6-3-7(12)9(13)15-4-6/h2-4H,1H3,(H,17,19). The second-order valence-electron chi connectivity index (χ2n) is 3.61. The number of nitrogens with zero attached hydrogens (tertiary/aromatic N) is 3. The van der Waals surface area contributed by atoms with E-state index >= 15 is 0 Å². The van der Waals surface area contributed by atoms with Gasteiger partial charge >= 0.3 is 0 Å². The number of nitrogens with one attached hydrogen (secondary N) is 1. The summed E-state index contributed by atoms with van der Waals surface area (Å²) < 4.78 is 0.587. The lowest BCUT2D eigenvalue weighted by Gasteiger charge is -2.06. The van der Waals surface area contributed by atoms with Crippen LogP contribution in [0.15, 0.2) is 22.8 Å². The summed E-state index contributed by atoms with van der Waals surface area (Å²) in [4.78, 5) is 23.6. The molecule has 19 heavy (non-hydrogen) atoms. The maximum atomic E-state index is 12.0. The quantitative estimate of drug-likeness (QED) is 0.656. The Morgan fingerprint density at radius 2 is 2.05 bits per heavy atom. The van der Waals surface area contributed by atoms with E-state index in [2.05, 4.69) is 36.2 Å². The minimum Gasteiger partial charge on any atom is -0.319 e. The molecule has 0 aromatic carbocycles. The number of carbonyl (C=O) groups excluding carboxylic acids is 1. The highest BCUT2D eigenvalue weighted by atomic mass is 79.9. The van der Waals surface area contributed by atoms with Gasteiger partial charge in [-0.15, -0.1) is 0 Å². The van der Waals surface area contributed by atoms with Crippen LogP contribution in [0.2, 0.25) is 10.4 Å². The Labute approximate surface area is 127 Å². The van der Waals surface area contributed by atoms with Crippen molar-refractivity contribution in [2.75, 3.05) is 5.32 Å². The van der Waals surface area contributed by atoms with E-state index in [0.29, 0.717) is 21.0 Å². The summed E-state index contributed by atoms with van der Waals surface area (Å²) in [5.74, 6) is -0.400. The minimum atomic E-state index is -0.400. The van der Waals surface area contributed by atoms with Gasteiger partial charge in [-0.25, -0.2) is 15.0 Å². The van der Waals surface area contributed by atoms with E-state index in [0.717, 1.165) is 0 Å². The van der Waals surface area contributed by atoms with E-state index in [9.17, 15) is 4.79 Å². The zero-order valence-electron chi connectivity index (χ0n) is 9.62. The van der Waals surface area contributed by atoms with Crippen LogP contribution < -0.4 is 5.32 Å². The largest absolute Gasteiger partial charge is 0.319 e. The Morgan fingerprint density at radius 1 is 1.32 bits per heavy atom. The fourth-order valence-electron chi connectivity index (χ4n) is 1.33. The summed E-state index contributed by atoms with van der Waals surface area (Å²) in [6.07, 6.45) is 1.45. The van der Waals surface area contributed by atoms with Crippen molar-refractivity contribution in [3.05, 3.63) is 44.6 Å². The lowest BCUT2D eigenvalue weighted by Crippen LogP contribution is -2.14. The van der Waals surface area contributed by atoms with Crippen LogP contribution in [0.4, 0.5) is 5.69 Å². The molecule has 2 heterocycles. The smallest absolute Gasteiger partial charge is 0.274 e. The first-order valence-electron chi connectivity index (χ1n) is 5.09. The maximum absolute atomic E-state index is 12.0. The van der Waals surface area contributed by atoms with Crippen LogP contribution in [0.5, 0.6) is 0 Å². The van der Waals surface area contributed by atoms with Crippen molar-refractivity contribution in [1.82, 2.24) is 15.0 Å². The van der Waals surface area contributed by atoms with Crippen molar-refractivity contribution in [2.24, 2.45) is 0 Å². The summed E-state index contributed by atoms with van der Waals surface area (Å²) in [6, 6.07) is 3.18. The first kappa shape index (κ1) is 14.2. The maximum Gasteiger partial charge on any atom is 0.274 e. The summed E-state index contributed by atoms with van der Waals surface area (Å²) in [6.45, 7) is 1.73. The third-order valence-electron chi connectivity index (χ3n) is 2.11. The van der Waals surface area contributed by atoms with Crippen LogP contribution in [0.1, 0.15) is 16.2 Å². The number of hydrogen-bond acceptors (Lipinski definition) is 4. The molecule has 0 spiro atoms. The summed E-state index contributed by atoms with van der Waals surface area (Å²) >= 11 is 14.7. The molecule has 2 rings (SSSR count). The summed E-state index contributed by atoms with van der Waals surface area (Å²) in [5, 5.41) is 2.99. The molecule has 0 unspecified atom stereocenters. The first-order chi connectivity index (χ1) is 8.95. The van der Waals surface area contributed by atoms with E-state index in [1.165, 1.54) is 6.20 Å². The molecule has 2 aromatic heterocycles. The van der Waals surface area contributed by atoms with Crippen molar-refractivity contribution in [1.29, 1.82) is 0 Å². The van der Waals surface area contributed by atoms with Gasteiger partial charge in [0.1, 0.15) is 10.8 Å². The molecule has 98 valence electrons. The molecule has 2 aromatic rings. The van der Waals surface area contributed by atoms with Crippen LogP contribution in [0.25, 0.3) is 0 Å². The van der Waals surface area contributed by atoms with Gasteiger partial charge in [-0.3, -0.25) is 4.79 Å². The lowest BCUT2D eigenvalue weighted by atomic mass is 10.3. The third kappa shape index (κ3) is 3.62. The molecule has 0 saturated heterocycles. The number of aryl methyl sites for hydroxylation is 1. The molecule has 5 nitrogen and oxygen atoms in total. The Bertz CT molecular complexity index is 630. The van der Waals surface area contributed by atoms with Gasteiger partial charge in [0.25, 0.3) is 5.91 Å². The average molecular weight is 362 g/mol. The Kier molecular flexibility index (Phi) is 4.34. The van der Waals surface area contributed by atoms with Crippen molar-refractivity contribution >= 4 is 50.7 Å². The SMILES string of the molecule is Cc1cc(C(=O)Nc2cnc(Cl)c(Br)c2)nc(Cl)n1. The van der Waals surface area contributed by atoms with Crippen LogP contribution >= 0.6 is 39.1 Å². The topological polar surface area (TPSA) is 67.8 Å². The van der Waals surface area contributed by atoms with Gasteiger partial charge < -0.3 is 5.32 Å². The molecule has 1 amide bonds. The van der Waals surface area contributed by atoms with E-state index in [1.807, 2.05) is 0 Å².